The fourth-order valence-electron chi connectivity index (χ4n) is 3.32. The Labute approximate surface area is 121 Å². The molecule has 0 spiro atoms. The zero-order chi connectivity index (χ0) is 14.8. The highest BCUT2D eigenvalue weighted by Gasteiger charge is 2.33. The van der Waals surface area contributed by atoms with Crippen molar-refractivity contribution in [2.45, 2.75) is 45.3 Å². The number of nitrogens with one attached hydrogen (secondary N) is 1. The normalized spacial score (nSPS) is 12.2. The van der Waals surface area contributed by atoms with Gasteiger partial charge in [0.1, 0.15) is 13.9 Å². The Morgan fingerprint density at radius 2 is 1.80 bits per heavy atom. The number of aromatic nitrogens is 1. The van der Waals surface area contributed by atoms with Crippen molar-refractivity contribution in [2.75, 3.05) is 6.61 Å². The van der Waals surface area contributed by atoms with Gasteiger partial charge in [0, 0.05) is 22.8 Å². The topological polar surface area (TPSA) is 36.0 Å². The molecule has 0 aliphatic heterocycles. The minimum absolute atomic E-state index is 0.109. The van der Waals surface area contributed by atoms with Gasteiger partial charge in [-0.2, -0.15) is 0 Å². The quantitative estimate of drug-likeness (QED) is 0.785. The number of benzene rings is 1. The highest BCUT2D eigenvalue weighted by Crippen LogP contribution is 2.26. The van der Waals surface area contributed by atoms with E-state index < -0.39 is 8.07 Å². The number of hydrogen-bond acceptors (Lipinski definition) is 1. The van der Waals surface area contributed by atoms with Gasteiger partial charge in [0.05, 0.1) is 0 Å². The first-order valence-electron chi connectivity index (χ1n) is 7.53. The number of fused-ring (bicyclic) bond motifs is 1. The standard InChI is InChI=1S/C16H24FNOSi/c1-4-20(5-2,6-3)16-13(9-10-19)14-11-12(17)7-8-15(14)18-16/h7-8,11,18-19H,4-6,9-10H2,1-3H3. The molecule has 0 aliphatic rings. The Kier molecular flexibility index (Phi) is 4.65. The second kappa shape index (κ2) is 6.10. The number of aliphatic hydroxyl groups is 1. The maximum Gasteiger partial charge on any atom is 0.123 e. The average molecular weight is 293 g/mol. The van der Waals surface area contributed by atoms with E-state index in [2.05, 4.69) is 25.8 Å². The summed E-state index contributed by atoms with van der Waals surface area (Å²) in [7, 11) is -1.56. The smallest absolute Gasteiger partial charge is 0.123 e. The number of aromatic amines is 1. The Morgan fingerprint density at radius 1 is 1.15 bits per heavy atom. The van der Waals surface area contributed by atoms with E-state index in [1.165, 1.54) is 29.5 Å². The van der Waals surface area contributed by atoms with E-state index in [9.17, 15) is 9.50 Å². The summed E-state index contributed by atoms with van der Waals surface area (Å²) in [6, 6.07) is 8.43. The number of hydrogen-bond donors (Lipinski definition) is 2. The van der Waals surface area contributed by atoms with Gasteiger partial charge in [0.25, 0.3) is 0 Å². The summed E-state index contributed by atoms with van der Waals surface area (Å²) in [5.41, 5.74) is 2.14. The van der Waals surface area contributed by atoms with Crippen LogP contribution in [0.3, 0.4) is 0 Å². The molecule has 0 aliphatic carbocycles. The molecule has 0 atom stereocenters. The maximum atomic E-state index is 13.5. The van der Waals surface area contributed by atoms with Gasteiger partial charge in [0.2, 0.25) is 0 Å². The molecular formula is C16H24FNOSi. The second-order valence-corrected chi connectivity index (χ2v) is 10.7. The molecule has 0 saturated carbocycles. The molecule has 110 valence electrons. The summed E-state index contributed by atoms with van der Waals surface area (Å²) in [4.78, 5) is 3.55. The number of halogens is 1. The van der Waals surface area contributed by atoms with Crippen LogP contribution in [0, 0.1) is 5.82 Å². The first-order valence-corrected chi connectivity index (χ1v) is 10.2. The zero-order valence-corrected chi connectivity index (χ0v) is 13.6. The summed E-state index contributed by atoms with van der Waals surface area (Å²) in [5.74, 6) is -0.209. The summed E-state index contributed by atoms with van der Waals surface area (Å²) < 4.78 is 13.5. The van der Waals surface area contributed by atoms with Crippen molar-refractivity contribution >= 4 is 24.3 Å². The van der Waals surface area contributed by atoms with Gasteiger partial charge >= 0.3 is 0 Å². The van der Waals surface area contributed by atoms with Crippen LogP contribution in [0.1, 0.15) is 26.3 Å². The van der Waals surface area contributed by atoms with E-state index in [0.717, 1.165) is 16.5 Å². The van der Waals surface area contributed by atoms with Crippen molar-refractivity contribution < 1.29 is 9.50 Å². The first kappa shape index (κ1) is 15.3. The van der Waals surface area contributed by atoms with Gasteiger partial charge < -0.3 is 10.1 Å². The monoisotopic (exact) mass is 293 g/mol. The molecular weight excluding hydrogens is 269 g/mol. The third kappa shape index (κ3) is 2.42. The minimum atomic E-state index is -1.56. The predicted octanol–water partition coefficient (Wildman–Crippen LogP) is 3.56. The number of rotatable bonds is 6. The maximum absolute atomic E-state index is 13.5. The van der Waals surface area contributed by atoms with Crippen molar-refractivity contribution in [1.82, 2.24) is 4.98 Å². The molecule has 2 N–H and O–H groups in total. The molecule has 2 rings (SSSR count). The average Bonchev–Trinajstić information content (AvgIpc) is 2.81. The van der Waals surface area contributed by atoms with E-state index in [0.29, 0.717) is 6.42 Å². The third-order valence-electron chi connectivity index (χ3n) is 4.79. The van der Waals surface area contributed by atoms with Gasteiger partial charge in [-0.1, -0.05) is 38.9 Å². The van der Waals surface area contributed by atoms with Crippen LogP contribution in [-0.4, -0.2) is 24.8 Å². The lowest BCUT2D eigenvalue weighted by Crippen LogP contribution is -2.48. The van der Waals surface area contributed by atoms with Crippen molar-refractivity contribution in [3.05, 3.63) is 29.6 Å². The van der Waals surface area contributed by atoms with Crippen molar-refractivity contribution in [3.63, 3.8) is 0 Å². The molecule has 2 aromatic rings. The van der Waals surface area contributed by atoms with Gasteiger partial charge in [0.15, 0.2) is 0 Å². The van der Waals surface area contributed by atoms with Crippen LogP contribution in [0.15, 0.2) is 18.2 Å². The zero-order valence-electron chi connectivity index (χ0n) is 12.6. The lowest BCUT2D eigenvalue weighted by atomic mass is 10.1. The molecule has 0 saturated heterocycles. The van der Waals surface area contributed by atoms with Crippen LogP contribution >= 0.6 is 0 Å². The van der Waals surface area contributed by atoms with Gasteiger partial charge in [-0.15, -0.1) is 0 Å². The summed E-state index contributed by atoms with van der Waals surface area (Å²) in [6.07, 6.45) is 0.605. The Morgan fingerprint density at radius 3 is 2.35 bits per heavy atom. The molecule has 1 heterocycles. The number of aliphatic hydroxyl groups excluding tert-OH is 1. The van der Waals surface area contributed by atoms with Crippen LogP contribution < -0.4 is 5.32 Å². The van der Waals surface area contributed by atoms with Gasteiger partial charge in [-0.05, 0) is 30.2 Å². The highest BCUT2D eigenvalue weighted by atomic mass is 28.3. The summed E-state index contributed by atoms with van der Waals surface area (Å²) >= 11 is 0. The molecule has 4 heteroatoms. The molecule has 2 nitrogen and oxygen atoms in total. The molecule has 0 fully saturated rings. The minimum Gasteiger partial charge on any atom is -0.396 e. The fourth-order valence-corrected chi connectivity index (χ4v) is 7.18. The second-order valence-electron chi connectivity index (χ2n) is 5.48. The van der Waals surface area contributed by atoms with Crippen LogP contribution in [-0.2, 0) is 6.42 Å². The lowest BCUT2D eigenvalue weighted by molar-refractivity contribution is 0.300. The Bertz CT molecular complexity index is 581. The summed E-state index contributed by atoms with van der Waals surface area (Å²) in [5, 5.41) is 11.6. The fraction of sp³-hybridized carbons (Fsp3) is 0.500. The molecule has 1 aromatic carbocycles. The van der Waals surface area contributed by atoms with E-state index >= 15 is 0 Å². The molecule has 20 heavy (non-hydrogen) atoms. The predicted molar refractivity (Wildman–Crippen MR) is 85.9 cm³/mol. The number of H-pyrrole nitrogens is 1. The molecule has 0 bridgehead atoms. The van der Waals surface area contributed by atoms with E-state index in [1.807, 2.05) is 6.07 Å². The van der Waals surface area contributed by atoms with E-state index in [4.69, 9.17) is 0 Å². The first-order chi connectivity index (χ1) is 9.61. The van der Waals surface area contributed by atoms with Crippen LogP contribution in [0.4, 0.5) is 4.39 Å². The van der Waals surface area contributed by atoms with Crippen LogP contribution in [0.25, 0.3) is 10.9 Å². The lowest BCUT2D eigenvalue weighted by Gasteiger charge is -2.28. The Balaban J connectivity index is 2.71. The van der Waals surface area contributed by atoms with E-state index in [1.54, 1.807) is 6.07 Å². The highest BCUT2D eigenvalue weighted by molar-refractivity contribution is 6.91. The van der Waals surface area contributed by atoms with Crippen molar-refractivity contribution in [1.29, 1.82) is 0 Å². The SMILES string of the molecule is CC[Si](CC)(CC)c1[nH]c2ccc(F)cc2c1CCO. The largest absolute Gasteiger partial charge is 0.396 e. The van der Waals surface area contributed by atoms with Gasteiger partial charge in [-0.25, -0.2) is 4.39 Å². The molecule has 0 amide bonds. The third-order valence-corrected chi connectivity index (χ3v) is 10.3. The van der Waals surface area contributed by atoms with Crippen molar-refractivity contribution in [3.8, 4) is 0 Å². The van der Waals surface area contributed by atoms with Crippen LogP contribution in [0.2, 0.25) is 18.1 Å². The molecule has 1 aromatic heterocycles. The summed E-state index contributed by atoms with van der Waals surface area (Å²) in [6.45, 7) is 6.88. The Hall–Kier alpha value is -1.13. The van der Waals surface area contributed by atoms with Crippen molar-refractivity contribution in [2.24, 2.45) is 0 Å². The van der Waals surface area contributed by atoms with Gasteiger partial charge in [-0.3, -0.25) is 0 Å². The van der Waals surface area contributed by atoms with Crippen LogP contribution in [0.5, 0.6) is 0 Å². The molecule has 0 unspecified atom stereocenters. The molecule has 0 radical (unpaired) electrons. The van der Waals surface area contributed by atoms with E-state index in [-0.39, 0.29) is 12.4 Å².